The SMILES string of the molecule is Cc1cc(C(=O)N[C@H]2CCN(c3ccc(F)cc3F)C2)on1. The first kappa shape index (κ1) is 14.5. The van der Waals surface area contributed by atoms with E-state index in [4.69, 9.17) is 4.52 Å². The van der Waals surface area contributed by atoms with Gasteiger partial charge in [0.1, 0.15) is 11.6 Å². The number of carbonyl (C=O) groups is 1. The lowest BCUT2D eigenvalue weighted by molar-refractivity contribution is 0.0903. The van der Waals surface area contributed by atoms with Crippen molar-refractivity contribution >= 4 is 11.6 Å². The molecule has 1 N–H and O–H groups in total. The maximum atomic E-state index is 13.8. The van der Waals surface area contributed by atoms with Gasteiger partial charge < -0.3 is 14.7 Å². The molecule has 0 radical (unpaired) electrons. The molecular weight excluding hydrogens is 292 g/mol. The van der Waals surface area contributed by atoms with Crippen molar-refractivity contribution in [3.05, 3.63) is 47.4 Å². The van der Waals surface area contributed by atoms with E-state index in [0.717, 1.165) is 6.07 Å². The van der Waals surface area contributed by atoms with Crippen molar-refractivity contribution in [3.8, 4) is 0 Å². The third-order valence-corrected chi connectivity index (χ3v) is 3.63. The number of aryl methyl sites for hydroxylation is 1. The molecular formula is C15H15F2N3O2. The Balaban J connectivity index is 1.64. The first-order valence-corrected chi connectivity index (χ1v) is 6.97. The zero-order chi connectivity index (χ0) is 15.7. The molecule has 0 aliphatic carbocycles. The van der Waals surface area contributed by atoms with Gasteiger partial charge >= 0.3 is 0 Å². The fourth-order valence-corrected chi connectivity index (χ4v) is 2.56. The average Bonchev–Trinajstić information content (AvgIpc) is 3.08. The molecule has 1 atom stereocenters. The Hall–Kier alpha value is -2.44. The summed E-state index contributed by atoms with van der Waals surface area (Å²) < 4.78 is 31.6. The van der Waals surface area contributed by atoms with Crippen LogP contribution >= 0.6 is 0 Å². The van der Waals surface area contributed by atoms with Crippen molar-refractivity contribution in [1.82, 2.24) is 10.5 Å². The number of aromatic nitrogens is 1. The molecule has 1 aromatic heterocycles. The van der Waals surface area contributed by atoms with Crippen LogP contribution in [0.25, 0.3) is 0 Å². The van der Waals surface area contributed by atoms with Crippen LogP contribution in [-0.4, -0.2) is 30.2 Å². The number of carbonyl (C=O) groups excluding carboxylic acids is 1. The average molecular weight is 307 g/mol. The van der Waals surface area contributed by atoms with Crippen LogP contribution < -0.4 is 10.2 Å². The van der Waals surface area contributed by atoms with Crippen LogP contribution in [0.5, 0.6) is 0 Å². The van der Waals surface area contributed by atoms with E-state index >= 15 is 0 Å². The van der Waals surface area contributed by atoms with Gasteiger partial charge in [0.15, 0.2) is 0 Å². The van der Waals surface area contributed by atoms with Gasteiger partial charge in [-0.05, 0) is 25.5 Å². The van der Waals surface area contributed by atoms with Crippen molar-refractivity contribution < 1.29 is 18.1 Å². The molecule has 22 heavy (non-hydrogen) atoms. The largest absolute Gasteiger partial charge is 0.367 e. The van der Waals surface area contributed by atoms with E-state index in [1.165, 1.54) is 12.1 Å². The summed E-state index contributed by atoms with van der Waals surface area (Å²) in [5.41, 5.74) is 0.972. The lowest BCUT2D eigenvalue weighted by atomic mass is 10.2. The number of rotatable bonds is 3. The van der Waals surface area contributed by atoms with Gasteiger partial charge in [-0.15, -0.1) is 0 Å². The number of nitrogens with one attached hydrogen (secondary N) is 1. The van der Waals surface area contributed by atoms with Crippen molar-refractivity contribution in [2.24, 2.45) is 0 Å². The summed E-state index contributed by atoms with van der Waals surface area (Å²) in [7, 11) is 0. The van der Waals surface area contributed by atoms with Gasteiger partial charge in [0.05, 0.1) is 11.4 Å². The quantitative estimate of drug-likeness (QED) is 0.945. The molecule has 1 saturated heterocycles. The van der Waals surface area contributed by atoms with Crippen LogP contribution in [-0.2, 0) is 0 Å². The highest BCUT2D eigenvalue weighted by Gasteiger charge is 2.27. The number of nitrogens with zero attached hydrogens (tertiary/aromatic N) is 2. The molecule has 1 fully saturated rings. The Morgan fingerprint density at radius 1 is 1.41 bits per heavy atom. The smallest absolute Gasteiger partial charge is 0.290 e. The zero-order valence-electron chi connectivity index (χ0n) is 12.0. The summed E-state index contributed by atoms with van der Waals surface area (Å²) in [6, 6.07) is 4.93. The maximum absolute atomic E-state index is 13.8. The van der Waals surface area contributed by atoms with Crippen LogP contribution in [0.15, 0.2) is 28.8 Å². The number of benzene rings is 1. The predicted octanol–water partition coefficient (Wildman–Crippen LogP) is 2.27. The second kappa shape index (κ2) is 5.75. The minimum Gasteiger partial charge on any atom is -0.367 e. The molecule has 1 aliphatic rings. The minimum atomic E-state index is -0.606. The third-order valence-electron chi connectivity index (χ3n) is 3.63. The molecule has 2 heterocycles. The van der Waals surface area contributed by atoms with Gasteiger partial charge in [-0.1, -0.05) is 5.16 Å². The van der Waals surface area contributed by atoms with Gasteiger partial charge in [-0.25, -0.2) is 8.78 Å². The molecule has 0 saturated carbocycles. The van der Waals surface area contributed by atoms with Crippen molar-refractivity contribution in [1.29, 1.82) is 0 Å². The Bertz CT molecular complexity index is 702. The monoisotopic (exact) mass is 307 g/mol. The summed E-state index contributed by atoms with van der Waals surface area (Å²) in [6.07, 6.45) is 0.676. The van der Waals surface area contributed by atoms with E-state index in [1.54, 1.807) is 17.9 Å². The van der Waals surface area contributed by atoms with Crippen molar-refractivity contribution in [2.45, 2.75) is 19.4 Å². The Labute approximate surface area is 125 Å². The first-order valence-electron chi connectivity index (χ1n) is 6.97. The highest BCUT2D eigenvalue weighted by atomic mass is 19.1. The molecule has 7 heteroatoms. The second-order valence-electron chi connectivity index (χ2n) is 5.33. The Morgan fingerprint density at radius 2 is 2.23 bits per heavy atom. The number of amides is 1. The minimum absolute atomic E-state index is 0.123. The molecule has 0 unspecified atom stereocenters. The van der Waals surface area contributed by atoms with Crippen molar-refractivity contribution in [2.75, 3.05) is 18.0 Å². The van der Waals surface area contributed by atoms with E-state index in [2.05, 4.69) is 10.5 Å². The van der Waals surface area contributed by atoms with Crippen molar-refractivity contribution in [3.63, 3.8) is 0 Å². The zero-order valence-corrected chi connectivity index (χ0v) is 12.0. The maximum Gasteiger partial charge on any atom is 0.290 e. The molecule has 116 valence electrons. The fraction of sp³-hybridized carbons (Fsp3) is 0.333. The summed E-state index contributed by atoms with van der Waals surface area (Å²) in [6.45, 7) is 2.78. The third kappa shape index (κ3) is 2.93. The van der Waals surface area contributed by atoms with E-state index in [-0.39, 0.29) is 17.7 Å². The molecule has 1 amide bonds. The van der Waals surface area contributed by atoms with Crippen LogP contribution in [0.2, 0.25) is 0 Å². The molecule has 0 spiro atoms. The van der Waals surface area contributed by atoms with E-state index in [9.17, 15) is 13.6 Å². The summed E-state index contributed by atoms with van der Waals surface area (Å²) in [4.78, 5) is 13.8. The topological polar surface area (TPSA) is 58.4 Å². The molecule has 1 aromatic carbocycles. The molecule has 2 aromatic rings. The van der Waals surface area contributed by atoms with Crippen LogP contribution in [0.4, 0.5) is 14.5 Å². The van der Waals surface area contributed by atoms with E-state index in [1.807, 2.05) is 0 Å². The molecule has 0 bridgehead atoms. The van der Waals surface area contributed by atoms with Gasteiger partial charge in [-0.2, -0.15) is 0 Å². The van der Waals surface area contributed by atoms with Crippen LogP contribution in [0.3, 0.4) is 0 Å². The number of anilines is 1. The normalized spacial score (nSPS) is 17.8. The van der Waals surface area contributed by atoms with Crippen LogP contribution in [0, 0.1) is 18.6 Å². The van der Waals surface area contributed by atoms with E-state index < -0.39 is 11.6 Å². The number of hydrogen-bond donors (Lipinski definition) is 1. The predicted molar refractivity (Wildman–Crippen MR) is 75.7 cm³/mol. The highest BCUT2D eigenvalue weighted by molar-refractivity contribution is 5.91. The van der Waals surface area contributed by atoms with Crippen LogP contribution in [0.1, 0.15) is 22.7 Å². The second-order valence-corrected chi connectivity index (χ2v) is 5.33. The van der Waals surface area contributed by atoms with Gasteiger partial charge in [0, 0.05) is 31.3 Å². The highest BCUT2D eigenvalue weighted by Crippen LogP contribution is 2.24. The molecule has 5 nitrogen and oxygen atoms in total. The summed E-state index contributed by atoms with van der Waals surface area (Å²) >= 11 is 0. The van der Waals surface area contributed by atoms with Gasteiger partial charge in [0.25, 0.3) is 5.91 Å². The standard InChI is InChI=1S/C15H15F2N3O2/c1-9-6-14(22-19-9)15(21)18-11-4-5-20(8-11)13-3-2-10(16)7-12(13)17/h2-3,6-7,11H,4-5,8H2,1H3,(H,18,21)/t11-/m0/s1. The first-order chi connectivity index (χ1) is 10.5. The summed E-state index contributed by atoms with van der Waals surface area (Å²) in [5.74, 6) is -1.39. The summed E-state index contributed by atoms with van der Waals surface area (Å²) in [5, 5.41) is 6.49. The van der Waals surface area contributed by atoms with E-state index in [0.29, 0.717) is 30.9 Å². The lowest BCUT2D eigenvalue weighted by Crippen LogP contribution is -2.37. The number of hydrogen-bond acceptors (Lipinski definition) is 4. The van der Waals surface area contributed by atoms with Gasteiger partial charge in [-0.3, -0.25) is 4.79 Å². The molecule has 3 rings (SSSR count). The fourth-order valence-electron chi connectivity index (χ4n) is 2.56. The Kier molecular flexibility index (Phi) is 3.79. The van der Waals surface area contributed by atoms with Gasteiger partial charge in [0.2, 0.25) is 5.76 Å². The number of halogens is 2. The lowest BCUT2D eigenvalue weighted by Gasteiger charge is -2.19. The Morgan fingerprint density at radius 3 is 2.91 bits per heavy atom. The molecule has 1 aliphatic heterocycles.